The molecule has 0 radical (unpaired) electrons. The molecule has 2 heteroatoms. The van der Waals surface area contributed by atoms with Crippen molar-refractivity contribution in [3.63, 3.8) is 0 Å². The van der Waals surface area contributed by atoms with Crippen molar-refractivity contribution in [2.45, 2.75) is 12.8 Å². The number of hydrogen-bond donors (Lipinski definition) is 1. The van der Waals surface area contributed by atoms with Crippen LogP contribution in [0.5, 0.6) is 0 Å². The Morgan fingerprint density at radius 2 is 2.22 bits per heavy atom. The smallest absolute Gasteiger partial charge is 0.0926 e. The van der Waals surface area contributed by atoms with Gasteiger partial charge in [0.1, 0.15) is 0 Å². The summed E-state index contributed by atoms with van der Waals surface area (Å²) < 4.78 is 0. The van der Waals surface area contributed by atoms with Gasteiger partial charge in [0, 0.05) is 6.42 Å². The van der Waals surface area contributed by atoms with Crippen LogP contribution in [-0.4, -0.2) is 11.4 Å². The second-order valence-corrected chi connectivity index (χ2v) is 2.93. The third kappa shape index (κ3) is 1.79. The van der Waals surface area contributed by atoms with Crippen LogP contribution in [0.4, 0.5) is 0 Å². The molecule has 1 aliphatic carbocycles. The molecule has 9 heavy (non-hydrogen) atoms. The Morgan fingerprint density at radius 3 is 2.67 bits per heavy atom. The molecule has 50 valence electrons. The fraction of sp³-hybridized carbons (Fsp3) is 0.429. The maximum Gasteiger partial charge on any atom is 0.0926 e. The van der Waals surface area contributed by atoms with Gasteiger partial charge in [-0.05, 0) is 29.7 Å². The molecule has 0 aromatic carbocycles. The molecule has 0 aromatic heterocycles. The fourth-order valence-corrected chi connectivity index (χ4v) is 1.29. The van der Waals surface area contributed by atoms with Gasteiger partial charge in [0.15, 0.2) is 0 Å². The standard InChI is InChI=1S/C7H10OS/c1-9-7-4-2-6(8)3-5-7/h2,4,8H,3,5H2,1H3. The zero-order valence-corrected chi connectivity index (χ0v) is 6.24. The SMILES string of the molecule is CSC1=CC=C(O)CC1. The van der Waals surface area contributed by atoms with Gasteiger partial charge in [-0.15, -0.1) is 11.8 Å². The Kier molecular flexibility index (Phi) is 2.22. The molecule has 1 aliphatic rings. The third-order valence-corrected chi connectivity index (χ3v) is 2.22. The van der Waals surface area contributed by atoms with Gasteiger partial charge in [0.2, 0.25) is 0 Å². The first-order chi connectivity index (χ1) is 4.33. The molecule has 1 N–H and O–H groups in total. The Labute approximate surface area is 59.5 Å². The maximum atomic E-state index is 8.93. The minimum Gasteiger partial charge on any atom is -0.512 e. The molecule has 0 fully saturated rings. The average Bonchev–Trinajstić information content (AvgIpc) is 1.90. The van der Waals surface area contributed by atoms with Crippen LogP contribution in [0.3, 0.4) is 0 Å². The summed E-state index contributed by atoms with van der Waals surface area (Å²) in [4.78, 5) is 1.35. The normalized spacial score (nSPS) is 18.8. The first-order valence-corrected chi connectivity index (χ1v) is 4.18. The molecule has 1 rings (SSSR count). The van der Waals surface area contributed by atoms with E-state index in [1.54, 1.807) is 17.8 Å². The van der Waals surface area contributed by atoms with Crippen molar-refractivity contribution < 1.29 is 5.11 Å². The zero-order chi connectivity index (χ0) is 6.69. The van der Waals surface area contributed by atoms with E-state index in [1.807, 2.05) is 6.08 Å². The second kappa shape index (κ2) is 2.97. The van der Waals surface area contributed by atoms with E-state index >= 15 is 0 Å². The number of allylic oxidation sites excluding steroid dienone is 4. The summed E-state index contributed by atoms with van der Waals surface area (Å²) in [6.45, 7) is 0. The lowest BCUT2D eigenvalue weighted by Gasteiger charge is -2.06. The maximum absolute atomic E-state index is 8.93. The third-order valence-electron chi connectivity index (χ3n) is 1.35. The molecule has 0 amide bonds. The van der Waals surface area contributed by atoms with E-state index in [1.165, 1.54) is 4.91 Å². The zero-order valence-electron chi connectivity index (χ0n) is 5.42. The Morgan fingerprint density at radius 1 is 1.44 bits per heavy atom. The van der Waals surface area contributed by atoms with Gasteiger partial charge in [0.05, 0.1) is 5.76 Å². The molecule has 0 heterocycles. The molecular weight excluding hydrogens is 132 g/mol. The summed E-state index contributed by atoms with van der Waals surface area (Å²) >= 11 is 1.75. The van der Waals surface area contributed by atoms with E-state index in [9.17, 15) is 0 Å². The average molecular weight is 142 g/mol. The summed E-state index contributed by atoms with van der Waals surface area (Å²) in [5, 5.41) is 8.93. The van der Waals surface area contributed by atoms with Crippen LogP contribution in [0.25, 0.3) is 0 Å². The van der Waals surface area contributed by atoms with Crippen molar-refractivity contribution >= 4 is 11.8 Å². The summed E-state index contributed by atoms with van der Waals surface area (Å²) in [5.74, 6) is 0.507. The van der Waals surface area contributed by atoms with Crippen LogP contribution in [-0.2, 0) is 0 Å². The lowest BCUT2D eigenvalue weighted by atomic mass is 10.2. The van der Waals surface area contributed by atoms with Crippen LogP contribution >= 0.6 is 11.8 Å². The minimum absolute atomic E-state index is 0.507. The second-order valence-electron chi connectivity index (χ2n) is 2.00. The van der Waals surface area contributed by atoms with Gasteiger partial charge in [-0.25, -0.2) is 0 Å². The van der Waals surface area contributed by atoms with E-state index < -0.39 is 0 Å². The summed E-state index contributed by atoms with van der Waals surface area (Å²) in [5.41, 5.74) is 0. The van der Waals surface area contributed by atoms with Crippen LogP contribution in [0, 0.1) is 0 Å². The molecule has 0 aromatic rings. The predicted octanol–water partition coefficient (Wildman–Crippen LogP) is 2.47. The molecule has 0 aliphatic heterocycles. The monoisotopic (exact) mass is 142 g/mol. The van der Waals surface area contributed by atoms with Gasteiger partial charge in [-0.1, -0.05) is 0 Å². The van der Waals surface area contributed by atoms with E-state index in [0.29, 0.717) is 5.76 Å². The summed E-state index contributed by atoms with van der Waals surface area (Å²) in [7, 11) is 0. The fourth-order valence-electron chi connectivity index (χ4n) is 0.777. The van der Waals surface area contributed by atoms with E-state index in [-0.39, 0.29) is 0 Å². The van der Waals surface area contributed by atoms with Crippen LogP contribution < -0.4 is 0 Å². The van der Waals surface area contributed by atoms with Crippen LogP contribution in [0.15, 0.2) is 22.8 Å². The molecule has 0 atom stereocenters. The van der Waals surface area contributed by atoms with Crippen LogP contribution in [0.2, 0.25) is 0 Å². The topological polar surface area (TPSA) is 20.2 Å². The number of rotatable bonds is 1. The highest BCUT2D eigenvalue weighted by atomic mass is 32.2. The molecule has 0 bridgehead atoms. The number of aliphatic hydroxyl groups excluding tert-OH is 1. The highest BCUT2D eigenvalue weighted by Crippen LogP contribution is 2.23. The van der Waals surface area contributed by atoms with Gasteiger partial charge in [-0.2, -0.15) is 0 Å². The van der Waals surface area contributed by atoms with Crippen molar-refractivity contribution in [2.75, 3.05) is 6.26 Å². The lowest BCUT2D eigenvalue weighted by molar-refractivity contribution is 0.387. The Balaban J connectivity index is 2.59. The molecule has 0 spiro atoms. The Hall–Kier alpha value is -0.370. The van der Waals surface area contributed by atoms with Crippen LogP contribution in [0.1, 0.15) is 12.8 Å². The number of hydrogen-bond acceptors (Lipinski definition) is 2. The van der Waals surface area contributed by atoms with Crippen molar-refractivity contribution in [3.05, 3.63) is 22.8 Å². The summed E-state index contributed by atoms with van der Waals surface area (Å²) in [6, 6.07) is 0. The molecular formula is C7H10OS. The van der Waals surface area contributed by atoms with Crippen molar-refractivity contribution in [1.29, 1.82) is 0 Å². The first kappa shape index (κ1) is 6.75. The molecule has 0 unspecified atom stereocenters. The number of thioether (sulfide) groups is 1. The molecule has 1 nitrogen and oxygen atoms in total. The van der Waals surface area contributed by atoms with Crippen molar-refractivity contribution in [2.24, 2.45) is 0 Å². The van der Waals surface area contributed by atoms with Gasteiger partial charge < -0.3 is 5.11 Å². The predicted molar refractivity (Wildman–Crippen MR) is 41.5 cm³/mol. The van der Waals surface area contributed by atoms with E-state index in [0.717, 1.165) is 12.8 Å². The van der Waals surface area contributed by atoms with Crippen molar-refractivity contribution in [3.8, 4) is 0 Å². The van der Waals surface area contributed by atoms with Crippen molar-refractivity contribution in [1.82, 2.24) is 0 Å². The number of aliphatic hydroxyl groups is 1. The lowest BCUT2D eigenvalue weighted by Crippen LogP contribution is -1.88. The molecule has 0 saturated carbocycles. The highest BCUT2D eigenvalue weighted by Gasteiger charge is 2.01. The Bertz CT molecular complexity index is 158. The first-order valence-electron chi connectivity index (χ1n) is 2.95. The van der Waals surface area contributed by atoms with Gasteiger partial charge in [-0.3, -0.25) is 0 Å². The van der Waals surface area contributed by atoms with Gasteiger partial charge >= 0.3 is 0 Å². The largest absolute Gasteiger partial charge is 0.512 e. The van der Waals surface area contributed by atoms with E-state index in [2.05, 4.69) is 6.26 Å². The van der Waals surface area contributed by atoms with Gasteiger partial charge in [0.25, 0.3) is 0 Å². The summed E-state index contributed by atoms with van der Waals surface area (Å²) in [6.07, 6.45) is 7.62. The highest BCUT2D eigenvalue weighted by molar-refractivity contribution is 8.02. The quantitative estimate of drug-likeness (QED) is 0.607. The van der Waals surface area contributed by atoms with E-state index in [4.69, 9.17) is 5.11 Å². The minimum atomic E-state index is 0.507. The molecule has 0 saturated heterocycles.